The van der Waals surface area contributed by atoms with E-state index >= 15 is 0 Å². The summed E-state index contributed by atoms with van der Waals surface area (Å²) in [5, 5.41) is 9.71. The first-order chi connectivity index (χ1) is 8.95. The lowest BCUT2D eigenvalue weighted by Crippen LogP contribution is -2.30. The average Bonchev–Trinajstić information content (AvgIpc) is 3.12. The fraction of sp³-hybridized carbons (Fsp3) is 0.750. The van der Waals surface area contributed by atoms with Gasteiger partial charge in [-0.1, -0.05) is 6.92 Å². The third-order valence-electron chi connectivity index (χ3n) is 3.60. The second kappa shape index (κ2) is 5.60. The van der Waals surface area contributed by atoms with E-state index in [4.69, 9.17) is 0 Å². The van der Waals surface area contributed by atoms with E-state index in [1.807, 2.05) is 0 Å². The molecule has 0 aliphatic heterocycles. The highest BCUT2D eigenvalue weighted by Crippen LogP contribution is 2.36. The Hall–Kier alpha value is -0.920. The minimum atomic E-state index is -3.49. The summed E-state index contributed by atoms with van der Waals surface area (Å²) in [5.41, 5.74) is 1.11. The van der Waals surface area contributed by atoms with Crippen LogP contribution in [0.15, 0.2) is 4.90 Å². The SMILES string of the molecule is CNCc1n[nH]c(C)c1S(=O)(=O)NCC(C)C1CC1. The van der Waals surface area contributed by atoms with E-state index in [-0.39, 0.29) is 4.90 Å². The normalized spacial score (nSPS) is 17.6. The Morgan fingerprint density at radius 3 is 2.74 bits per heavy atom. The van der Waals surface area contributed by atoms with Crippen LogP contribution < -0.4 is 10.0 Å². The number of sulfonamides is 1. The number of nitrogens with zero attached hydrogens (tertiary/aromatic N) is 1. The number of aromatic amines is 1. The zero-order valence-electron chi connectivity index (χ0n) is 11.7. The Bertz CT molecular complexity index is 534. The van der Waals surface area contributed by atoms with Crippen molar-refractivity contribution in [1.29, 1.82) is 0 Å². The Kier molecular flexibility index (Phi) is 4.27. The van der Waals surface area contributed by atoms with E-state index in [9.17, 15) is 8.42 Å². The summed E-state index contributed by atoms with van der Waals surface area (Å²) in [7, 11) is -1.72. The number of hydrogen-bond acceptors (Lipinski definition) is 4. The van der Waals surface area contributed by atoms with Crippen molar-refractivity contribution in [2.45, 2.75) is 38.1 Å². The molecule has 0 aromatic carbocycles. The number of nitrogens with one attached hydrogen (secondary N) is 3. The number of aryl methyl sites for hydroxylation is 1. The molecule has 0 radical (unpaired) electrons. The van der Waals surface area contributed by atoms with Gasteiger partial charge in [-0.3, -0.25) is 5.10 Å². The van der Waals surface area contributed by atoms with Gasteiger partial charge < -0.3 is 5.32 Å². The topological polar surface area (TPSA) is 86.9 Å². The van der Waals surface area contributed by atoms with Gasteiger partial charge in [-0.2, -0.15) is 5.10 Å². The summed E-state index contributed by atoms with van der Waals surface area (Å²) >= 11 is 0. The first kappa shape index (κ1) is 14.5. The quantitative estimate of drug-likeness (QED) is 0.691. The van der Waals surface area contributed by atoms with E-state index in [2.05, 4.69) is 27.2 Å². The van der Waals surface area contributed by atoms with Crippen molar-refractivity contribution in [3.8, 4) is 0 Å². The molecule has 1 fully saturated rings. The number of aromatic nitrogens is 2. The third kappa shape index (κ3) is 3.34. The van der Waals surface area contributed by atoms with Crippen molar-refractivity contribution in [3.63, 3.8) is 0 Å². The van der Waals surface area contributed by atoms with Crippen LogP contribution in [-0.2, 0) is 16.6 Å². The Labute approximate surface area is 114 Å². The van der Waals surface area contributed by atoms with Gasteiger partial charge >= 0.3 is 0 Å². The molecular formula is C12H22N4O2S. The molecule has 2 rings (SSSR count). The smallest absolute Gasteiger partial charge is 0.244 e. The maximum Gasteiger partial charge on any atom is 0.244 e. The molecule has 0 amide bonds. The molecule has 108 valence electrons. The highest BCUT2D eigenvalue weighted by Gasteiger charge is 2.30. The van der Waals surface area contributed by atoms with E-state index in [0.717, 1.165) is 0 Å². The molecule has 1 saturated carbocycles. The summed E-state index contributed by atoms with van der Waals surface area (Å²) in [6.45, 7) is 4.75. The van der Waals surface area contributed by atoms with Gasteiger partial charge in [0.15, 0.2) is 0 Å². The summed E-state index contributed by atoms with van der Waals surface area (Å²) in [6, 6.07) is 0. The van der Waals surface area contributed by atoms with E-state index < -0.39 is 10.0 Å². The molecule has 1 aromatic heterocycles. The molecule has 1 unspecified atom stereocenters. The Balaban J connectivity index is 2.11. The molecule has 6 nitrogen and oxygen atoms in total. The maximum absolute atomic E-state index is 12.4. The standard InChI is InChI=1S/C12H22N4O2S/c1-8(10-4-5-10)6-14-19(17,18)12-9(2)15-16-11(12)7-13-3/h8,10,13-14H,4-7H2,1-3H3,(H,15,16). The second-order valence-electron chi connectivity index (χ2n) is 5.32. The molecule has 0 spiro atoms. The number of H-pyrrole nitrogens is 1. The molecule has 1 aliphatic rings. The van der Waals surface area contributed by atoms with E-state index in [0.29, 0.717) is 36.3 Å². The molecule has 19 heavy (non-hydrogen) atoms. The van der Waals surface area contributed by atoms with Crippen LogP contribution in [-0.4, -0.2) is 32.2 Å². The number of rotatable bonds is 7. The van der Waals surface area contributed by atoms with Crippen molar-refractivity contribution in [2.24, 2.45) is 11.8 Å². The van der Waals surface area contributed by atoms with Crippen LogP contribution in [0.3, 0.4) is 0 Å². The first-order valence-electron chi connectivity index (χ1n) is 6.63. The van der Waals surface area contributed by atoms with Crippen LogP contribution in [0.4, 0.5) is 0 Å². The Morgan fingerprint density at radius 1 is 1.47 bits per heavy atom. The summed E-state index contributed by atoms with van der Waals surface area (Å²) < 4.78 is 27.4. The van der Waals surface area contributed by atoms with Crippen LogP contribution in [0.1, 0.15) is 31.2 Å². The fourth-order valence-electron chi connectivity index (χ4n) is 2.26. The molecule has 3 N–H and O–H groups in total. The minimum absolute atomic E-state index is 0.282. The van der Waals surface area contributed by atoms with Gasteiger partial charge in [0.05, 0.1) is 11.4 Å². The van der Waals surface area contributed by atoms with Crippen molar-refractivity contribution in [1.82, 2.24) is 20.2 Å². The van der Waals surface area contributed by atoms with Crippen LogP contribution in [0.25, 0.3) is 0 Å². The van der Waals surface area contributed by atoms with E-state index in [1.54, 1.807) is 14.0 Å². The molecule has 1 aromatic rings. The minimum Gasteiger partial charge on any atom is -0.314 e. The molecule has 1 heterocycles. The van der Waals surface area contributed by atoms with Gasteiger partial charge in [-0.15, -0.1) is 0 Å². The van der Waals surface area contributed by atoms with Crippen molar-refractivity contribution >= 4 is 10.0 Å². The van der Waals surface area contributed by atoms with Crippen LogP contribution in [0.5, 0.6) is 0 Å². The summed E-state index contributed by atoms with van der Waals surface area (Å²) in [5.74, 6) is 1.08. The highest BCUT2D eigenvalue weighted by atomic mass is 32.2. The van der Waals surface area contributed by atoms with E-state index in [1.165, 1.54) is 12.8 Å². The fourth-order valence-corrected chi connectivity index (χ4v) is 3.76. The van der Waals surface area contributed by atoms with Crippen LogP contribution in [0.2, 0.25) is 0 Å². The number of hydrogen-bond donors (Lipinski definition) is 3. The van der Waals surface area contributed by atoms with Crippen molar-refractivity contribution < 1.29 is 8.42 Å². The lowest BCUT2D eigenvalue weighted by molar-refractivity contribution is 0.491. The molecule has 0 saturated heterocycles. The van der Waals surface area contributed by atoms with Gasteiger partial charge in [-0.25, -0.2) is 13.1 Å². The zero-order chi connectivity index (χ0) is 14.0. The molecule has 1 aliphatic carbocycles. The predicted molar refractivity (Wildman–Crippen MR) is 73.2 cm³/mol. The van der Waals surface area contributed by atoms with Gasteiger partial charge in [0.25, 0.3) is 0 Å². The lowest BCUT2D eigenvalue weighted by atomic mass is 10.1. The molecule has 7 heteroatoms. The lowest BCUT2D eigenvalue weighted by Gasteiger charge is -2.12. The largest absolute Gasteiger partial charge is 0.314 e. The molecular weight excluding hydrogens is 264 g/mol. The molecule has 1 atom stereocenters. The Morgan fingerprint density at radius 2 is 2.16 bits per heavy atom. The predicted octanol–water partition coefficient (Wildman–Crippen LogP) is 0.762. The van der Waals surface area contributed by atoms with Gasteiger partial charge in [0.2, 0.25) is 10.0 Å². The van der Waals surface area contributed by atoms with Crippen LogP contribution in [0, 0.1) is 18.8 Å². The van der Waals surface area contributed by atoms with Crippen molar-refractivity contribution in [2.75, 3.05) is 13.6 Å². The van der Waals surface area contributed by atoms with Gasteiger partial charge in [0, 0.05) is 13.1 Å². The molecule has 0 bridgehead atoms. The zero-order valence-corrected chi connectivity index (χ0v) is 12.5. The second-order valence-corrected chi connectivity index (χ2v) is 7.03. The van der Waals surface area contributed by atoms with Gasteiger partial charge in [0.1, 0.15) is 4.90 Å². The maximum atomic E-state index is 12.4. The monoisotopic (exact) mass is 286 g/mol. The highest BCUT2D eigenvalue weighted by molar-refractivity contribution is 7.89. The first-order valence-corrected chi connectivity index (χ1v) is 8.12. The summed E-state index contributed by atoms with van der Waals surface area (Å²) in [4.78, 5) is 0.282. The average molecular weight is 286 g/mol. The summed E-state index contributed by atoms with van der Waals surface area (Å²) in [6.07, 6.45) is 2.44. The van der Waals surface area contributed by atoms with Crippen molar-refractivity contribution in [3.05, 3.63) is 11.4 Å². The van der Waals surface area contributed by atoms with Gasteiger partial charge in [-0.05, 0) is 38.6 Å². The third-order valence-corrected chi connectivity index (χ3v) is 5.22. The van der Waals surface area contributed by atoms with Crippen LogP contribution >= 0.6 is 0 Å².